The summed E-state index contributed by atoms with van der Waals surface area (Å²) in [5, 5.41) is 12.8. The first-order valence-electron chi connectivity index (χ1n) is 14.8. The van der Waals surface area contributed by atoms with Gasteiger partial charge in [0.15, 0.2) is 0 Å². The normalized spacial score (nSPS) is 23.9. The van der Waals surface area contributed by atoms with Crippen molar-refractivity contribution in [3.63, 3.8) is 0 Å². The number of ether oxygens (including phenoxy) is 3. The Labute approximate surface area is 253 Å². The summed E-state index contributed by atoms with van der Waals surface area (Å²) in [6.07, 6.45) is 0.295. The standard InChI is InChI=1S/C36H38ClNO4/c1-2-40-31-16-13-26(14-17-31)19-30-20-29(15-18-32(30)37)33-21-34(41-24-28-11-7-4-8-12-28)36(39)25-38(23-35(36)42-33)22-27-9-5-3-6-10-27/h3-18,20,33-35,39H,2,19,21-25H2,1H3. The third kappa shape index (κ3) is 6.56. The molecule has 0 radical (unpaired) electrons. The van der Waals surface area contributed by atoms with Gasteiger partial charge < -0.3 is 19.3 Å². The number of nitrogens with zero attached hydrogens (tertiary/aromatic N) is 1. The molecule has 0 aromatic heterocycles. The van der Waals surface area contributed by atoms with E-state index in [1.54, 1.807) is 0 Å². The zero-order chi connectivity index (χ0) is 28.9. The highest BCUT2D eigenvalue weighted by atomic mass is 35.5. The molecule has 4 unspecified atom stereocenters. The summed E-state index contributed by atoms with van der Waals surface area (Å²) in [5.74, 6) is 0.864. The number of rotatable bonds is 10. The van der Waals surface area contributed by atoms with Crippen LogP contribution in [0.2, 0.25) is 5.02 Å². The molecular formula is C36H38ClNO4. The van der Waals surface area contributed by atoms with E-state index in [1.807, 2.05) is 55.5 Å². The van der Waals surface area contributed by atoms with Gasteiger partial charge in [0, 0.05) is 31.1 Å². The van der Waals surface area contributed by atoms with Crippen LogP contribution in [0.1, 0.15) is 47.3 Å². The molecule has 0 aliphatic carbocycles. The predicted octanol–water partition coefficient (Wildman–Crippen LogP) is 6.99. The summed E-state index contributed by atoms with van der Waals surface area (Å²) in [6, 6.07) is 34.8. The van der Waals surface area contributed by atoms with Gasteiger partial charge in [0.2, 0.25) is 0 Å². The molecule has 2 aliphatic rings. The van der Waals surface area contributed by atoms with Gasteiger partial charge in [-0.2, -0.15) is 0 Å². The molecule has 4 atom stereocenters. The summed E-state index contributed by atoms with van der Waals surface area (Å²) in [5.41, 5.74) is 4.46. The van der Waals surface area contributed by atoms with Gasteiger partial charge in [-0.25, -0.2) is 0 Å². The third-order valence-electron chi connectivity index (χ3n) is 8.39. The Bertz CT molecular complexity index is 1450. The van der Waals surface area contributed by atoms with Crippen molar-refractivity contribution in [2.24, 2.45) is 0 Å². The Morgan fingerprint density at radius 2 is 1.62 bits per heavy atom. The lowest BCUT2D eigenvalue weighted by atomic mass is 9.84. The van der Waals surface area contributed by atoms with Crippen molar-refractivity contribution >= 4 is 11.6 Å². The minimum Gasteiger partial charge on any atom is -0.494 e. The summed E-state index contributed by atoms with van der Waals surface area (Å²) in [4.78, 5) is 2.28. The Kier molecular flexibility index (Phi) is 8.94. The number of likely N-dealkylation sites (tertiary alicyclic amines) is 1. The molecule has 0 spiro atoms. The molecule has 0 amide bonds. The summed E-state index contributed by atoms with van der Waals surface area (Å²) in [6.45, 7) is 4.96. The Hall–Kier alpha value is -3.19. The molecule has 0 saturated carbocycles. The minimum atomic E-state index is -1.10. The molecule has 2 heterocycles. The van der Waals surface area contributed by atoms with E-state index in [4.69, 9.17) is 25.8 Å². The second-order valence-electron chi connectivity index (χ2n) is 11.4. The van der Waals surface area contributed by atoms with Crippen LogP contribution in [0, 0.1) is 0 Å². The lowest BCUT2D eigenvalue weighted by Crippen LogP contribution is -2.58. The van der Waals surface area contributed by atoms with Gasteiger partial charge in [0.05, 0.1) is 25.4 Å². The van der Waals surface area contributed by atoms with E-state index < -0.39 is 5.60 Å². The highest BCUT2D eigenvalue weighted by molar-refractivity contribution is 6.31. The molecule has 6 rings (SSSR count). The van der Waals surface area contributed by atoms with E-state index in [2.05, 4.69) is 59.5 Å². The van der Waals surface area contributed by atoms with Crippen molar-refractivity contribution in [3.8, 4) is 5.75 Å². The van der Waals surface area contributed by atoms with Gasteiger partial charge in [0.1, 0.15) is 17.5 Å². The number of aliphatic hydroxyl groups is 1. The average molecular weight is 584 g/mol. The second-order valence-corrected chi connectivity index (χ2v) is 11.8. The Morgan fingerprint density at radius 3 is 2.33 bits per heavy atom. The Morgan fingerprint density at radius 1 is 0.905 bits per heavy atom. The molecule has 0 bridgehead atoms. The van der Waals surface area contributed by atoms with Crippen LogP contribution in [0.15, 0.2) is 103 Å². The van der Waals surface area contributed by atoms with Crippen molar-refractivity contribution in [2.45, 2.75) is 56.8 Å². The molecule has 2 saturated heterocycles. The van der Waals surface area contributed by atoms with Gasteiger partial charge in [-0.15, -0.1) is 0 Å². The Balaban J connectivity index is 1.23. The molecule has 2 aliphatic heterocycles. The van der Waals surface area contributed by atoms with Crippen LogP contribution in [0.3, 0.4) is 0 Å². The highest BCUT2D eigenvalue weighted by Gasteiger charge is 2.56. The topological polar surface area (TPSA) is 51.2 Å². The van der Waals surface area contributed by atoms with Crippen LogP contribution in [0.5, 0.6) is 5.75 Å². The molecule has 2 fully saturated rings. The van der Waals surface area contributed by atoms with E-state index in [1.165, 1.54) is 5.56 Å². The fourth-order valence-corrected chi connectivity index (χ4v) is 6.40. The molecule has 1 N–H and O–H groups in total. The highest BCUT2D eigenvalue weighted by Crippen LogP contribution is 2.43. The smallest absolute Gasteiger partial charge is 0.131 e. The first-order valence-corrected chi connectivity index (χ1v) is 15.2. The van der Waals surface area contributed by atoms with Gasteiger partial charge >= 0.3 is 0 Å². The van der Waals surface area contributed by atoms with Crippen LogP contribution in [-0.4, -0.2) is 47.5 Å². The summed E-state index contributed by atoms with van der Waals surface area (Å²) >= 11 is 6.68. The van der Waals surface area contributed by atoms with Crippen LogP contribution >= 0.6 is 11.6 Å². The number of halogens is 1. The third-order valence-corrected chi connectivity index (χ3v) is 8.75. The summed E-state index contributed by atoms with van der Waals surface area (Å²) in [7, 11) is 0. The van der Waals surface area contributed by atoms with E-state index >= 15 is 0 Å². The maximum atomic E-state index is 12.1. The lowest BCUT2D eigenvalue weighted by molar-refractivity contribution is -0.224. The molecule has 42 heavy (non-hydrogen) atoms. The number of β-amino-alcohol motifs (C(OH)–C–C–N with tert-alkyl or cyclic N) is 1. The van der Waals surface area contributed by atoms with Crippen LogP contribution < -0.4 is 4.74 Å². The largest absolute Gasteiger partial charge is 0.494 e. The van der Waals surface area contributed by atoms with Gasteiger partial charge in [0.25, 0.3) is 0 Å². The van der Waals surface area contributed by atoms with Crippen molar-refractivity contribution in [2.75, 3.05) is 19.7 Å². The molecule has 5 nitrogen and oxygen atoms in total. The first-order chi connectivity index (χ1) is 20.5. The number of benzene rings is 4. The van der Waals surface area contributed by atoms with E-state index in [9.17, 15) is 5.11 Å². The molecule has 4 aromatic rings. The molecule has 4 aromatic carbocycles. The quantitative estimate of drug-likeness (QED) is 0.218. The molecule has 218 valence electrons. The average Bonchev–Trinajstić information content (AvgIpc) is 3.34. The van der Waals surface area contributed by atoms with E-state index in [-0.39, 0.29) is 18.3 Å². The molecule has 6 heteroatoms. The van der Waals surface area contributed by atoms with Crippen molar-refractivity contribution in [1.82, 2.24) is 4.90 Å². The zero-order valence-corrected chi connectivity index (χ0v) is 24.7. The first kappa shape index (κ1) is 28.9. The van der Waals surface area contributed by atoms with Gasteiger partial charge in [-0.1, -0.05) is 96.5 Å². The fourth-order valence-electron chi connectivity index (χ4n) is 6.22. The van der Waals surface area contributed by atoms with Crippen LogP contribution in [0.4, 0.5) is 0 Å². The fraction of sp³-hybridized carbons (Fsp3) is 0.333. The second kappa shape index (κ2) is 13.0. The number of hydrogen-bond donors (Lipinski definition) is 1. The zero-order valence-electron chi connectivity index (χ0n) is 24.0. The number of hydrogen-bond acceptors (Lipinski definition) is 5. The predicted molar refractivity (Wildman–Crippen MR) is 166 cm³/mol. The van der Waals surface area contributed by atoms with Crippen molar-refractivity contribution in [1.29, 1.82) is 0 Å². The lowest BCUT2D eigenvalue weighted by Gasteiger charge is -2.44. The molecular weight excluding hydrogens is 546 g/mol. The van der Waals surface area contributed by atoms with Gasteiger partial charge in [-0.05, 0) is 59.4 Å². The van der Waals surface area contributed by atoms with Crippen molar-refractivity contribution in [3.05, 3.63) is 136 Å². The van der Waals surface area contributed by atoms with E-state index in [0.717, 1.165) is 39.6 Å². The number of fused-ring (bicyclic) bond motifs is 1. The summed E-state index contributed by atoms with van der Waals surface area (Å²) < 4.78 is 18.8. The van der Waals surface area contributed by atoms with Crippen molar-refractivity contribution < 1.29 is 19.3 Å². The van der Waals surface area contributed by atoms with Crippen LogP contribution in [0.25, 0.3) is 0 Å². The maximum Gasteiger partial charge on any atom is 0.131 e. The van der Waals surface area contributed by atoms with Gasteiger partial charge in [-0.3, -0.25) is 4.90 Å². The SMILES string of the molecule is CCOc1ccc(Cc2cc(C3CC(OCc4ccccc4)C4(O)CN(Cc5ccccc5)CC4O3)ccc2Cl)cc1. The minimum absolute atomic E-state index is 0.218. The monoisotopic (exact) mass is 583 g/mol. The maximum absolute atomic E-state index is 12.1. The van der Waals surface area contributed by atoms with Crippen LogP contribution in [-0.2, 0) is 29.0 Å². The van der Waals surface area contributed by atoms with E-state index in [0.29, 0.717) is 39.1 Å².